The number of hydrogen-bond donors (Lipinski definition) is 1. The lowest BCUT2D eigenvalue weighted by molar-refractivity contribution is 0.169. The fourth-order valence-corrected chi connectivity index (χ4v) is 6.28. The monoisotopic (exact) mass is 534 g/mol. The summed E-state index contributed by atoms with van der Waals surface area (Å²) in [5.74, 6) is 1.25. The van der Waals surface area contributed by atoms with Crippen molar-refractivity contribution in [3.63, 3.8) is 0 Å². The second-order valence-corrected chi connectivity index (χ2v) is 10.9. The summed E-state index contributed by atoms with van der Waals surface area (Å²) in [5.41, 5.74) is 5.00. The molecule has 2 aliphatic rings. The summed E-state index contributed by atoms with van der Waals surface area (Å²) in [5, 5.41) is 5.75. The van der Waals surface area contributed by atoms with Crippen LogP contribution >= 0.6 is 11.3 Å². The number of likely N-dealkylation sites (tertiary alicyclic amines) is 1. The van der Waals surface area contributed by atoms with Gasteiger partial charge in [-0.15, -0.1) is 11.3 Å². The number of cyclic esters (lactones) is 1. The highest BCUT2D eigenvalue weighted by molar-refractivity contribution is 7.14. The molecule has 3 aromatic heterocycles. The maximum absolute atomic E-state index is 13.4. The number of piperidine rings is 1. The number of nitrogens with zero attached hydrogens (tertiary/aromatic N) is 5. The molecule has 1 unspecified atom stereocenters. The second-order valence-electron chi connectivity index (χ2n) is 10.0. The minimum Gasteiger partial charge on any atom is -0.447 e. The fourth-order valence-electron chi connectivity index (χ4n) is 5.48. The van der Waals surface area contributed by atoms with Crippen molar-refractivity contribution < 1.29 is 13.9 Å². The molecule has 0 saturated carbocycles. The van der Waals surface area contributed by atoms with E-state index in [1.54, 1.807) is 23.5 Å². The van der Waals surface area contributed by atoms with Gasteiger partial charge in [0, 0.05) is 30.7 Å². The Morgan fingerprint density at radius 3 is 2.66 bits per heavy atom. The highest BCUT2D eigenvalue weighted by Crippen LogP contribution is 2.35. The lowest BCUT2D eigenvalue weighted by atomic mass is 9.90. The summed E-state index contributed by atoms with van der Waals surface area (Å²) in [7, 11) is 2.03. The van der Waals surface area contributed by atoms with Gasteiger partial charge in [0.1, 0.15) is 23.9 Å². The molecule has 2 aliphatic heterocycles. The van der Waals surface area contributed by atoms with Crippen LogP contribution in [-0.4, -0.2) is 64.7 Å². The molecule has 0 bridgehead atoms. The Morgan fingerprint density at radius 2 is 1.95 bits per heavy atom. The summed E-state index contributed by atoms with van der Waals surface area (Å²) in [6.07, 6.45) is 4.89. The van der Waals surface area contributed by atoms with Crippen molar-refractivity contribution in [2.24, 2.45) is 0 Å². The van der Waals surface area contributed by atoms with Gasteiger partial charge in [0.25, 0.3) is 0 Å². The maximum atomic E-state index is 13.4. The van der Waals surface area contributed by atoms with Crippen LogP contribution in [0.4, 0.5) is 20.1 Å². The molecule has 8 nitrogen and oxygen atoms in total. The number of anilines is 2. The Hall–Kier alpha value is -3.50. The number of carbonyl (C=O) groups is 1. The van der Waals surface area contributed by atoms with Crippen LogP contribution in [0.5, 0.6) is 0 Å². The first-order valence-corrected chi connectivity index (χ1v) is 14.0. The van der Waals surface area contributed by atoms with Crippen LogP contribution in [0.1, 0.15) is 36.9 Å². The molecule has 0 spiro atoms. The van der Waals surface area contributed by atoms with Gasteiger partial charge in [-0.1, -0.05) is 13.0 Å². The van der Waals surface area contributed by atoms with Crippen LogP contribution in [0.3, 0.4) is 0 Å². The number of amides is 1. The number of alkyl carbamates (subject to hydrolysis) is 1. The quantitative estimate of drug-likeness (QED) is 0.351. The number of imidazole rings is 1. The number of thiazole rings is 1. The van der Waals surface area contributed by atoms with E-state index in [1.807, 2.05) is 12.4 Å². The molecule has 1 amide bonds. The van der Waals surface area contributed by atoms with Gasteiger partial charge in [-0.3, -0.25) is 4.40 Å². The van der Waals surface area contributed by atoms with E-state index in [1.165, 1.54) is 17.7 Å². The van der Waals surface area contributed by atoms with Gasteiger partial charge in [0.15, 0.2) is 5.13 Å². The third kappa shape index (κ3) is 4.86. The number of fused-ring (bicyclic) bond motifs is 1. The SMILES string of the molecule is CCc1nc2ccc(C3CCN(CC4COC(=O)N4)CC3)cn2c1N(C)c1nc(-c2ccc(F)cc2)cs1. The molecule has 6 rings (SSSR count). The lowest BCUT2D eigenvalue weighted by Gasteiger charge is -2.33. The van der Waals surface area contributed by atoms with Crippen LogP contribution in [-0.2, 0) is 11.2 Å². The molecule has 1 aromatic carbocycles. The zero-order chi connectivity index (χ0) is 26.2. The smallest absolute Gasteiger partial charge is 0.407 e. The molecule has 1 N–H and O–H groups in total. The molecule has 38 heavy (non-hydrogen) atoms. The summed E-state index contributed by atoms with van der Waals surface area (Å²) in [6.45, 7) is 5.41. The van der Waals surface area contributed by atoms with E-state index in [-0.39, 0.29) is 18.0 Å². The molecular weight excluding hydrogens is 503 g/mol. The normalized spacial score (nSPS) is 18.6. The van der Waals surface area contributed by atoms with E-state index < -0.39 is 0 Å². The standard InChI is InChI=1S/C28H31FN6O2S/c1-3-23-26(33(2)27-32-24(17-38-27)19-4-7-21(29)8-5-19)35-14-20(6-9-25(35)31-23)18-10-12-34(13-11-18)15-22-16-37-28(36)30-22/h4-9,14,17-18,22H,3,10-13,15-16H2,1-2H3,(H,30,36). The van der Waals surface area contributed by atoms with Crippen molar-refractivity contribution >= 4 is 34.0 Å². The van der Waals surface area contributed by atoms with Crippen molar-refractivity contribution in [3.05, 3.63) is 65.0 Å². The van der Waals surface area contributed by atoms with Gasteiger partial charge in [0.2, 0.25) is 0 Å². The predicted molar refractivity (Wildman–Crippen MR) is 147 cm³/mol. The van der Waals surface area contributed by atoms with Crippen LogP contribution in [0.25, 0.3) is 16.9 Å². The number of pyridine rings is 1. The highest BCUT2D eigenvalue weighted by Gasteiger charge is 2.28. The van der Waals surface area contributed by atoms with Gasteiger partial charge >= 0.3 is 6.09 Å². The molecule has 1 atom stereocenters. The lowest BCUT2D eigenvalue weighted by Crippen LogP contribution is -2.43. The van der Waals surface area contributed by atoms with E-state index in [0.717, 1.165) is 72.4 Å². The zero-order valence-electron chi connectivity index (χ0n) is 21.6. The average Bonchev–Trinajstić information content (AvgIpc) is 3.67. The number of hydrogen-bond acceptors (Lipinski definition) is 7. The predicted octanol–water partition coefficient (Wildman–Crippen LogP) is 5.22. The Bertz CT molecular complexity index is 1440. The molecule has 2 fully saturated rings. The Balaban J connectivity index is 1.22. The average molecular weight is 535 g/mol. The largest absolute Gasteiger partial charge is 0.447 e. The van der Waals surface area contributed by atoms with E-state index >= 15 is 0 Å². The third-order valence-corrected chi connectivity index (χ3v) is 8.45. The summed E-state index contributed by atoms with van der Waals surface area (Å²) < 4.78 is 20.6. The number of aromatic nitrogens is 3. The molecular formula is C28H31FN6O2S. The molecule has 2 saturated heterocycles. The number of ether oxygens (including phenoxy) is 1. The topological polar surface area (TPSA) is 75.0 Å². The van der Waals surface area contributed by atoms with Gasteiger partial charge in [-0.25, -0.2) is 19.2 Å². The number of aryl methyl sites for hydroxylation is 1. The first-order valence-electron chi connectivity index (χ1n) is 13.1. The molecule has 5 heterocycles. The van der Waals surface area contributed by atoms with Crippen LogP contribution in [0.15, 0.2) is 48.0 Å². The number of nitrogens with one attached hydrogen (secondary N) is 1. The number of halogens is 1. The third-order valence-electron chi connectivity index (χ3n) is 7.53. The first kappa shape index (κ1) is 24.8. The van der Waals surface area contributed by atoms with Gasteiger partial charge in [0.05, 0.1) is 17.4 Å². The van der Waals surface area contributed by atoms with Crippen molar-refractivity contribution in [2.75, 3.05) is 38.2 Å². The Kier molecular flexibility index (Phi) is 6.75. The Labute approximate surface area is 225 Å². The fraction of sp³-hybridized carbons (Fsp3) is 0.393. The molecule has 4 aromatic rings. The van der Waals surface area contributed by atoms with Gasteiger partial charge in [-0.2, -0.15) is 0 Å². The van der Waals surface area contributed by atoms with Crippen LogP contribution in [0, 0.1) is 5.82 Å². The minimum atomic E-state index is -0.310. The maximum Gasteiger partial charge on any atom is 0.407 e. The Morgan fingerprint density at radius 1 is 1.16 bits per heavy atom. The first-order chi connectivity index (χ1) is 18.5. The second kappa shape index (κ2) is 10.3. The molecule has 198 valence electrons. The van der Waals surface area contributed by atoms with Gasteiger partial charge in [-0.05, 0) is 74.2 Å². The van der Waals surface area contributed by atoms with Crippen LogP contribution in [0.2, 0.25) is 0 Å². The van der Waals surface area contributed by atoms with E-state index in [4.69, 9.17) is 14.7 Å². The van der Waals surface area contributed by atoms with Crippen molar-refractivity contribution in [1.29, 1.82) is 0 Å². The minimum absolute atomic E-state index is 0.0846. The molecule has 0 aliphatic carbocycles. The highest BCUT2D eigenvalue weighted by atomic mass is 32.1. The summed E-state index contributed by atoms with van der Waals surface area (Å²) in [6, 6.07) is 10.9. The van der Waals surface area contributed by atoms with E-state index in [0.29, 0.717) is 12.5 Å². The summed E-state index contributed by atoms with van der Waals surface area (Å²) in [4.78, 5) is 25.6. The number of carbonyl (C=O) groups excluding carboxylic acids is 1. The van der Waals surface area contributed by atoms with Crippen molar-refractivity contribution in [1.82, 2.24) is 24.6 Å². The van der Waals surface area contributed by atoms with Crippen molar-refractivity contribution in [2.45, 2.75) is 38.1 Å². The van der Waals surface area contributed by atoms with Crippen LogP contribution < -0.4 is 10.2 Å². The molecule has 0 radical (unpaired) electrons. The number of rotatable bonds is 7. The summed E-state index contributed by atoms with van der Waals surface area (Å²) >= 11 is 1.57. The van der Waals surface area contributed by atoms with Crippen molar-refractivity contribution in [3.8, 4) is 11.3 Å². The molecule has 10 heteroatoms. The van der Waals surface area contributed by atoms with E-state index in [9.17, 15) is 9.18 Å². The van der Waals surface area contributed by atoms with E-state index in [2.05, 4.69) is 44.8 Å². The number of benzene rings is 1. The van der Waals surface area contributed by atoms with Gasteiger partial charge < -0.3 is 19.9 Å². The zero-order valence-corrected chi connectivity index (χ0v) is 22.4.